The van der Waals surface area contributed by atoms with Gasteiger partial charge in [0.25, 0.3) is 0 Å². The first kappa shape index (κ1) is 9.90. The van der Waals surface area contributed by atoms with Crippen molar-refractivity contribution in [1.29, 1.82) is 0 Å². The quantitative estimate of drug-likeness (QED) is 0.699. The Morgan fingerprint density at radius 1 is 1.46 bits per heavy atom. The van der Waals surface area contributed by atoms with Crippen LogP contribution in [0.2, 0.25) is 0 Å². The van der Waals surface area contributed by atoms with E-state index in [0.29, 0.717) is 12.0 Å². The Morgan fingerprint density at radius 2 is 2.08 bits per heavy atom. The lowest BCUT2D eigenvalue weighted by Gasteiger charge is -2.08. The van der Waals surface area contributed by atoms with E-state index in [1.807, 2.05) is 6.07 Å². The molecule has 2 heteroatoms. The van der Waals surface area contributed by atoms with E-state index in [1.165, 1.54) is 13.8 Å². The molecule has 0 aromatic heterocycles. The van der Waals surface area contributed by atoms with Gasteiger partial charge in [-0.05, 0) is 25.0 Å². The Kier molecular flexibility index (Phi) is 3.18. The van der Waals surface area contributed by atoms with Crippen molar-refractivity contribution >= 4 is 5.78 Å². The van der Waals surface area contributed by atoms with Crippen molar-refractivity contribution in [2.45, 2.75) is 26.4 Å². The number of hydrogen-bond donors (Lipinski definition) is 0. The molecule has 70 valence electrons. The Labute approximate surface area is 77.6 Å². The first-order valence-electron chi connectivity index (χ1n) is 4.32. The van der Waals surface area contributed by atoms with Crippen molar-refractivity contribution in [1.82, 2.24) is 0 Å². The van der Waals surface area contributed by atoms with E-state index in [4.69, 9.17) is 0 Å². The lowest BCUT2D eigenvalue weighted by Crippen LogP contribution is -2.01. The summed E-state index contributed by atoms with van der Waals surface area (Å²) in [6, 6.07) is 7.13. The molecule has 0 saturated heterocycles. The first-order valence-corrected chi connectivity index (χ1v) is 4.32. The van der Waals surface area contributed by atoms with Crippen LogP contribution in [0.25, 0.3) is 0 Å². The highest BCUT2D eigenvalue weighted by Crippen LogP contribution is 2.21. The fourth-order valence-corrected chi connectivity index (χ4v) is 1.35. The molecule has 0 amide bonds. The Bertz CT molecular complexity index is 305. The van der Waals surface area contributed by atoms with E-state index >= 15 is 0 Å². The van der Waals surface area contributed by atoms with E-state index in [-0.39, 0.29) is 5.78 Å². The highest BCUT2D eigenvalue weighted by Gasteiger charge is 2.09. The van der Waals surface area contributed by atoms with Crippen LogP contribution in [0.15, 0.2) is 24.3 Å². The van der Waals surface area contributed by atoms with E-state index in [1.54, 1.807) is 18.2 Å². The standard InChI is InChI=1S/C11H13FO/c1-8(13)7-10-5-3-4-6-11(10)9(2)12/h3-6,9H,7H2,1-2H3. The van der Waals surface area contributed by atoms with Crippen molar-refractivity contribution in [2.75, 3.05) is 0 Å². The van der Waals surface area contributed by atoms with Gasteiger partial charge in [-0.1, -0.05) is 24.3 Å². The molecule has 13 heavy (non-hydrogen) atoms. The molecule has 1 aromatic rings. The van der Waals surface area contributed by atoms with Crippen LogP contribution in [-0.2, 0) is 11.2 Å². The van der Waals surface area contributed by atoms with Gasteiger partial charge in [0.05, 0.1) is 0 Å². The van der Waals surface area contributed by atoms with Gasteiger partial charge in [0.15, 0.2) is 0 Å². The minimum atomic E-state index is -1.00. The fourth-order valence-electron chi connectivity index (χ4n) is 1.35. The highest BCUT2D eigenvalue weighted by atomic mass is 19.1. The van der Waals surface area contributed by atoms with Crippen LogP contribution >= 0.6 is 0 Å². The van der Waals surface area contributed by atoms with Gasteiger partial charge in [0.2, 0.25) is 0 Å². The molecule has 0 aliphatic carbocycles. The molecular formula is C11H13FO. The van der Waals surface area contributed by atoms with E-state index in [0.717, 1.165) is 5.56 Å². The molecule has 0 saturated carbocycles. The molecule has 1 nitrogen and oxygen atoms in total. The van der Waals surface area contributed by atoms with Gasteiger partial charge in [-0.15, -0.1) is 0 Å². The zero-order chi connectivity index (χ0) is 9.84. The summed E-state index contributed by atoms with van der Waals surface area (Å²) in [6.07, 6.45) is -0.680. The molecule has 1 aromatic carbocycles. The molecule has 1 unspecified atom stereocenters. The molecule has 0 fully saturated rings. The summed E-state index contributed by atoms with van der Waals surface area (Å²) in [6.45, 7) is 3.00. The molecule has 0 radical (unpaired) electrons. The van der Waals surface area contributed by atoms with Crippen molar-refractivity contribution in [3.63, 3.8) is 0 Å². The number of benzene rings is 1. The molecule has 0 heterocycles. The number of halogens is 1. The molecule has 0 aliphatic rings. The molecule has 1 atom stereocenters. The number of carbonyl (C=O) groups is 1. The number of ketones is 1. The summed E-state index contributed by atoms with van der Waals surface area (Å²) in [7, 11) is 0. The number of Topliss-reactive ketones (excluding diaryl/α,β-unsaturated/α-hetero) is 1. The largest absolute Gasteiger partial charge is 0.300 e. The Morgan fingerprint density at radius 3 is 2.62 bits per heavy atom. The summed E-state index contributed by atoms with van der Waals surface area (Å²) < 4.78 is 13.0. The Hall–Kier alpha value is -1.18. The van der Waals surface area contributed by atoms with Crippen molar-refractivity contribution in [2.24, 2.45) is 0 Å². The van der Waals surface area contributed by atoms with Crippen LogP contribution in [-0.4, -0.2) is 5.78 Å². The maximum absolute atomic E-state index is 13.0. The van der Waals surface area contributed by atoms with Gasteiger partial charge in [-0.25, -0.2) is 4.39 Å². The smallest absolute Gasteiger partial charge is 0.134 e. The van der Waals surface area contributed by atoms with Crippen LogP contribution in [0.5, 0.6) is 0 Å². The van der Waals surface area contributed by atoms with Crippen LogP contribution < -0.4 is 0 Å². The maximum Gasteiger partial charge on any atom is 0.134 e. The average Bonchev–Trinajstić information content (AvgIpc) is 2.03. The summed E-state index contributed by atoms with van der Waals surface area (Å²) >= 11 is 0. The van der Waals surface area contributed by atoms with Gasteiger partial charge in [0.1, 0.15) is 12.0 Å². The maximum atomic E-state index is 13.0. The topological polar surface area (TPSA) is 17.1 Å². The number of hydrogen-bond acceptors (Lipinski definition) is 1. The predicted octanol–water partition coefficient (Wildman–Crippen LogP) is 2.85. The Balaban J connectivity index is 2.97. The highest BCUT2D eigenvalue weighted by molar-refractivity contribution is 5.78. The first-order chi connectivity index (χ1) is 6.11. The second-order valence-electron chi connectivity index (χ2n) is 3.19. The summed E-state index contributed by atoms with van der Waals surface area (Å²) in [5, 5.41) is 0. The van der Waals surface area contributed by atoms with E-state index < -0.39 is 6.17 Å². The number of carbonyl (C=O) groups excluding carboxylic acids is 1. The normalized spacial score (nSPS) is 12.5. The summed E-state index contributed by atoms with van der Waals surface area (Å²) in [5.41, 5.74) is 1.42. The fraction of sp³-hybridized carbons (Fsp3) is 0.364. The number of alkyl halides is 1. The lowest BCUT2D eigenvalue weighted by molar-refractivity contribution is -0.116. The monoisotopic (exact) mass is 180 g/mol. The molecule has 0 bridgehead atoms. The van der Waals surface area contributed by atoms with Crippen molar-refractivity contribution in [3.05, 3.63) is 35.4 Å². The van der Waals surface area contributed by atoms with Gasteiger partial charge >= 0.3 is 0 Å². The van der Waals surface area contributed by atoms with Crippen molar-refractivity contribution in [3.8, 4) is 0 Å². The van der Waals surface area contributed by atoms with Gasteiger partial charge in [-0.2, -0.15) is 0 Å². The second-order valence-corrected chi connectivity index (χ2v) is 3.19. The summed E-state index contributed by atoms with van der Waals surface area (Å²) in [5.74, 6) is 0.0631. The van der Waals surface area contributed by atoms with Crippen LogP contribution in [0.3, 0.4) is 0 Å². The SMILES string of the molecule is CC(=O)Cc1ccccc1C(C)F. The molecule has 0 N–H and O–H groups in total. The third kappa shape index (κ3) is 2.65. The van der Waals surface area contributed by atoms with Crippen molar-refractivity contribution < 1.29 is 9.18 Å². The van der Waals surface area contributed by atoms with Crippen LogP contribution in [0.1, 0.15) is 31.1 Å². The van der Waals surface area contributed by atoms with Gasteiger partial charge in [-0.3, -0.25) is 4.79 Å². The minimum Gasteiger partial charge on any atom is -0.300 e. The lowest BCUT2D eigenvalue weighted by atomic mass is 10.0. The molecular weight excluding hydrogens is 167 g/mol. The number of rotatable bonds is 3. The second kappa shape index (κ2) is 4.17. The van der Waals surface area contributed by atoms with Gasteiger partial charge in [0, 0.05) is 6.42 Å². The third-order valence-electron chi connectivity index (χ3n) is 1.92. The van der Waals surface area contributed by atoms with E-state index in [9.17, 15) is 9.18 Å². The van der Waals surface area contributed by atoms with E-state index in [2.05, 4.69) is 0 Å². The molecule has 0 spiro atoms. The average molecular weight is 180 g/mol. The summed E-state index contributed by atoms with van der Waals surface area (Å²) in [4.78, 5) is 10.9. The predicted molar refractivity (Wildman–Crippen MR) is 50.4 cm³/mol. The zero-order valence-corrected chi connectivity index (χ0v) is 7.88. The third-order valence-corrected chi connectivity index (χ3v) is 1.92. The molecule has 1 rings (SSSR count). The molecule has 0 aliphatic heterocycles. The van der Waals surface area contributed by atoms with Crippen LogP contribution in [0, 0.1) is 0 Å². The van der Waals surface area contributed by atoms with Gasteiger partial charge < -0.3 is 0 Å². The minimum absolute atomic E-state index is 0.0631. The zero-order valence-electron chi connectivity index (χ0n) is 7.88. The van der Waals surface area contributed by atoms with Crippen LogP contribution in [0.4, 0.5) is 4.39 Å².